The van der Waals surface area contributed by atoms with Gasteiger partial charge in [0.05, 0.1) is 17.9 Å². The van der Waals surface area contributed by atoms with Crippen molar-refractivity contribution in [1.29, 1.82) is 0 Å². The van der Waals surface area contributed by atoms with E-state index >= 15 is 0 Å². The molecule has 0 unspecified atom stereocenters. The van der Waals surface area contributed by atoms with Crippen LogP contribution in [0.15, 0.2) is 35.5 Å². The van der Waals surface area contributed by atoms with Gasteiger partial charge in [-0.2, -0.15) is 0 Å². The van der Waals surface area contributed by atoms with Crippen LogP contribution in [0.2, 0.25) is 0 Å². The average Bonchev–Trinajstić information content (AvgIpc) is 3.18. The third-order valence-corrected chi connectivity index (χ3v) is 5.70. The molecule has 8 heteroatoms. The van der Waals surface area contributed by atoms with Crippen LogP contribution in [-0.2, 0) is 18.3 Å². The molecule has 0 aliphatic carbocycles. The van der Waals surface area contributed by atoms with Crippen molar-refractivity contribution in [1.82, 2.24) is 19.3 Å². The molecule has 6 nitrogen and oxygen atoms in total. The standard InChI is InChI=1S/C20H23FN4O2S/c1-13-11-16(14(2)25(13)9-10-27-4)18(26)12-28-20-23-22-19(24(20)3)15-7-5-6-8-17(15)21/h5-8,11H,9-10,12H2,1-4H3. The zero-order valence-corrected chi connectivity index (χ0v) is 17.2. The quantitative estimate of drug-likeness (QED) is 0.425. The van der Waals surface area contributed by atoms with Crippen molar-refractivity contribution in [2.24, 2.45) is 7.05 Å². The van der Waals surface area contributed by atoms with Crippen LogP contribution >= 0.6 is 11.8 Å². The number of halogens is 1. The molecule has 3 rings (SSSR count). The van der Waals surface area contributed by atoms with Gasteiger partial charge in [0, 0.05) is 37.7 Å². The van der Waals surface area contributed by atoms with E-state index in [-0.39, 0.29) is 17.4 Å². The minimum atomic E-state index is -0.353. The summed E-state index contributed by atoms with van der Waals surface area (Å²) in [4.78, 5) is 12.7. The lowest BCUT2D eigenvalue weighted by molar-refractivity contribution is 0.102. The molecule has 0 spiro atoms. The van der Waals surface area contributed by atoms with Gasteiger partial charge in [-0.05, 0) is 32.0 Å². The SMILES string of the molecule is COCCn1c(C)cc(C(=O)CSc2nnc(-c3ccccc3F)n2C)c1C. The number of carbonyl (C=O) groups excluding carboxylic acids is 1. The molecule has 0 atom stereocenters. The smallest absolute Gasteiger partial charge is 0.191 e. The van der Waals surface area contributed by atoms with Gasteiger partial charge in [-0.1, -0.05) is 23.9 Å². The molecule has 0 N–H and O–H groups in total. The van der Waals surface area contributed by atoms with Crippen LogP contribution in [0.25, 0.3) is 11.4 Å². The molecule has 148 valence electrons. The molecule has 2 aromatic heterocycles. The number of methoxy groups -OCH3 is 1. The van der Waals surface area contributed by atoms with Gasteiger partial charge >= 0.3 is 0 Å². The zero-order valence-electron chi connectivity index (χ0n) is 16.4. The predicted octanol–water partition coefficient (Wildman–Crippen LogP) is 3.66. The van der Waals surface area contributed by atoms with Crippen molar-refractivity contribution >= 4 is 17.5 Å². The number of aromatic nitrogens is 4. The number of rotatable bonds is 8. The van der Waals surface area contributed by atoms with E-state index in [9.17, 15) is 9.18 Å². The van der Waals surface area contributed by atoms with Crippen molar-refractivity contribution in [2.45, 2.75) is 25.5 Å². The third kappa shape index (κ3) is 4.02. The highest BCUT2D eigenvalue weighted by molar-refractivity contribution is 7.99. The number of thioether (sulfide) groups is 1. The number of nitrogens with zero attached hydrogens (tertiary/aromatic N) is 4. The van der Waals surface area contributed by atoms with E-state index < -0.39 is 0 Å². The van der Waals surface area contributed by atoms with Gasteiger partial charge in [-0.3, -0.25) is 4.79 Å². The Kier molecular flexibility index (Phi) is 6.31. The Morgan fingerprint density at radius 1 is 1.25 bits per heavy atom. The second kappa shape index (κ2) is 8.70. The molecule has 0 saturated carbocycles. The van der Waals surface area contributed by atoms with Crippen LogP contribution in [0.5, 0.6) is 0 Å². The van der Waals surface area contributed by atoms with Crippen LogP contribution in [0, 0.1) is 19.7 Å². The highest BCUT2D eigenvalue weighted by Gasteiger charge is 2.19. The summed E-state index contributed by atoms with van der Waals surface area (Å²) < 4.78 is 22.9. The van der Waals surface area contributed by atoms with Crippen molar-refractivity contribution in [3.05, 3.63) is 53.1 Å². The van der Waals surface area contributed by atoms with Gasteiger partial charge in [0.15, 0.2) is 16.8 Å². The molecule has 0 fully saturated rings. The minimum Gasteiger partial charge on any atom is -0.383 e. The lowest BCUT2D eigenvalue weighted by Crippen LogP contribution is -2.10. The fourth-order valence-electron chi connectivity index (χ4n) is 3.14. The predicted molar refractivity (Wildman–Crippen MR) is 107 cm³/mol. The molecule has 1 aromatic carbocycles. The Bertz CT molecular complexity index is 996. The number of hydrogen-bond donors (Lipinski definition) is 0. The Labute approximate surface area is 167 Å². The molecule has 0 saturated heterocycles. The molecule has 2 heterocycles. The van der Waals surface area contributed by atoms with E-state index in [2.05, 4.69) is 14.8 Å². The van der Waals surface area contributed by atoms with E-state index in [0.29, 0.717) is 35.3 Å². The Morgan fingerprint density at radius 3 is 2.71 bits per heavy atom. The van der Waals surface area contributed by atoms with Crippen molar-refractivity contribution < 1.29 is 13.9 Å². The first-order chi connectivity index (χ1) is 13.4. The number of benzene rings is 1. The van der Waals surface area contributed by atoms with Crippen LogP contribution < -0.4 is 0 Å². The van der Waals surface area contributed by atoms with E-state index in [0.717, 1.165) is 11.4 Å². The Morgan fingerprint density at radius 2 is 2.00 bits per heavy atom. The number of Topliss-reactive ketones (excluding diaryl/α,β-unsaturated/α-hetero) is 1. The number of carbonyl (C=O) groups is 1. The first kappa shape index (κ1) is 20.3. The van der Waals surface area contributed by atoms with E-state index in [1.807, 2.05) is 19.9 Å². The van der Waals surface area contributed by atoms with Crippen molar-refractivity contribution in [3.63, 3.8) is 0 Å². The second-order valence-electron chi connectivity index (χ2n) is 6.49. The molecule has 3 aromatic rings. The zero-order chi connectivity index (χ0) is 20.3. The summed E-state index contributed by atoms with van der Waals surface area (Å²) in [5.74, 6) is 0.342. The van der Waals surface area contributed by atoms with Crippen LogP contribution in [-0.4, -0.2) is 44.6 Å². The first-order valence-corrected chi connectivity index (χ1v) is 9.88. The van der Waals surface area contributed by atoms with E-state index in [4.69, 9.17) is 4.74 Å². The second-order valence-corrected chi connectivity index (χ2v) is 7.43. The topological polar surface area (TPSA) is 61.9 Å². The van der Waals surface area contributed by atoms with E-state index in [1.165, 1.54) is 17.8 Å². The average molecular weight is 402 g/mol. The first-order valence-electron chi connectivity index (χ1n) is 8.90. The summed E-state index contributed by atoms with van der Waals surface area (Å²) >= 11 is 1.30. The summed E-state index contributed by atoms with van der Waals surface area (Å²) in [6.07, 6.45) is 0. The number of hydrogen-bond acceptors (Lipinski definition) is 5. The molecule has 28 heavy (non-hydrogen) atoms. The molecular formula is C20H23FN4O2S. The number of ether oxygens (including phenoxy) is 1. The van der Waals surface area contributed by atoms with Gasteiger partial charge in [-0.15, -0.1) is 10.2 Å². The maximum absolute atomic E-state index is 14.0. The van der Waals surface area contributed by atoms with Crippen LogP contribution in [0.4, 0.5) is 4.39 Å². The number of ketones is 1. The van der Waals surface area contributed by atoms with Crippen molar-refractivity contribution in [2.75, 3.05) is 19.5 Å². The minimum absolute atomic E-state index is 0.0252. The highest BCUT2D eigenvalue weighted by Crippen LogP contribution is 2.26. The lowest BCUT2D eigenvalue weighted by Gasteiger charge is -2.08. The van der Waals surface area contributed by atoms with Gasteiger partial charge in [0.25, 0.3) is 0 Å². The third-order valence-electron chi connectivity index (χ3n) is 4.68. The molecule has 0 radical (unpaired) electrons. The van der Waals surface area contributed by atoms with Crippen LogP contribution in [0.3, 0.4) is 0 Å². The Balaban J connectivity index is 1.73. The summed E-state index contributed by atoms with van der Waals surface area (Å²) in [6.45, 7) is 5.23. The maximum atomic E-state index is 14.0. The van der Waals surface area contributed by atoms with Crippen LogP contribution in [0.1, 0.15) is 21.7 Å². The fourth-order valence-corrected chi connectivity index (χ4v) is 3.93. The normalized spacial score (nSPS) is 11.2. The monoisotopic (exact) mass is 402 g/mol. The van der Waals surface area contributed by atoms with Gasteiger partial charge in [-0.25, -0.2) is 4.39 Å². The summed E-state index contributed by atoms with van der Waals surface area (Å²) in [5.41, 5.74) is 3.06. The number of aryl methyl sites for hydroxylation is 1. The summed E-state index contributed by atoms with van der Waals surface area (Å²) in [5, 5.41) is 8.78. The Hall–Kier alpha value is -2.45. The molecule has 0 bridgehead atoms. The summed E-state index contributed by atoms with van der Waals surface area (Å²) in [7, 11) is 3.43. The largest absolute Gasteiger partial charge is 0.383 e. The molecular weight excluding hydrogens is 379 g/mol. The van der Waals surface area contributed by atoms with Crippen molar-refractivity contribution in [3.8, 4) is 11.4 Å². The van der Waals surface area contributed by atoms with Gasteiger partial charge in [0.1, 0.15) is 5.82 Å². The highest BCUT2D eigenvalue weighted by atomic mass is 32.2. The maximum Gasteiger partial charge on any atom is 0.191 e. The van der Waals surface area contributed by atoms with Gasteiger partial charge < -0.3 is 13.9 Å². The fraction of sp³-hybridized carbons (Fsp3) is 0.350. The van der Waals surface area contributed by atoms with Gasteiger partial charge in [0.2, 0.25) is 0 Å². The molecule has 0 aliphatic rings. The molecule has 0 aliphatic heterocycles. The molecule has 0 amide bonds. The lowest BCUT2D eigenvalue weighted by atomic mass is 10.2. The van der Waals surface area contributed by atoms with E-state index in [1.54, 1.807) is 36.9 Å². The summed E-state index contributed by atoms with van der Waals surface area (Å²) in [6, 6.07) is 8.35.